The first kappa shape index (κ1) is 6.81. The number of hydrogen-bond donors (Lipinski definition) is 1. The van der Waals surface area contributed by atoms with Gasteiger partial charge in [-0.15, -0.1) is 0 Å². The molecule has 0 spiro atoms. The molecule has 0 N–H and O–H groups in total. The second-order valence-electron chi connectivity index (χ2n) is 1.94. The third-order valence-corrected chi connectivity index (χ3v) is 1.59. The average Bonchev–Trinajstić information content (AvgIpc) is 1.82. The highest BCUT2D eigenvalue weighted by molar-refractivity contribution is 7.80. The third kappa shape index (κ3) is 1.33. The molecule has 0 unspecified atom stereocenters. The lowest BCUT2D eigenvalue weighted by Crippen LogP contribution is -2.19. The molecule has 2 nitrogen and oxygen atoms in total. The fraction of sp³-hybridized carbons (Fsp3) is 0.667. The second-order valence-corrected chi connectivity index (χ2v) is 2.39. The average molecular weight is 144 g/mol. The lowest BCUT2D eigenvalue weighted by Gasteiger charge is -2.18. The van der Waals surface area contributed by atoms with Crippen molar-refractivity contribution in [1.29, 1.82) is 0 Å². The van der Waals surface area contributed by atoms with E-state index < -0.39 is 0 Å². The zero-order valence-corrected chi connectivity index (χ0v) is 6.51. The fourth-order valence-corrected chi connectivity index (χ4v) is 1.05. The number of aromatic nitrogens is 2. The molecule has 0 fully saturated rings. The highest BCUT2D eigenvalue weighted by Crippen LogP contribution is 1.94. The Hall–Kier alpha value is -0.310. The van der Waals surface area contributed by atoms with Crippen LogP contribution in [0.2, 0.25) is 0 Å². The predicted octanol–water partition coefficient (Wildman–Crippen LogP) is 1.24. The topological polar surface area (TPSA) is 9.86 Å². The fourth-order valence-electron chi connectivity index (χ4n) is 0.848. The van der Waals surface area contributed by atoms with Crippen molar-refractivity contribution in [2.24, 2.45) is 0 Å². The van der Waals surface area contributed by atoms with E-state index in [1.54, 1.807) is 0 Å². The van der Waals surface area contributed by atoms with Crippen molar-refractivity contribution >= 4 is 12.6 Å². The molecule has 0 radical (unpaired) electrons. The second kappa shape index (κ2) is 3.01. The Bertz CT molecular complexity index is 166. The summed E-state index contributed by atoms with van der Waals surface area (Å²) in [6.45, 7) is 4.22. The van der Waals surface area contributed by atoms with Crippen molar-refractivity contribution in [3.8, 4) is 0 Å². The van der Waals surface area contributed by atoms with Gasteiger partial charge in [0.1, 0.15) is 0 Å². The molecule has 1 aromatic heterocycles. The molecule has 0 aliphatic rings. The minimum atomic E-state index is 0.918. The monoisotopic (exact) mass is 144 g/mol. The van der Waals surface area contributed by atoms with Gasteiger partial charge in [-0.2, -0.15) is 12.6 Å². The highest BCUT2D eigenvalue weighted by Gasteiger charge is 1.93. The van der Waals surface area contributed by atoms with Crippen molar-refractivity contribution < 1.29 is 0 Å². The van der Waals surface area contributed by atoms with E-state index in [1.807, 2.05) is 0 Å². The molecule has 0 bridgehead atoms. The van der Waals surface area contributed by atoms with Crippen LogP contribution in [0.15, 0.2) is 12.4 Å². The molecular weight excluding hydrogens is 132 g/mol. The van der Waals surface area contributed by atoms with Gasteiger partial charge in [0.25, 0.3) is 0 Å². The van der Waals surface area contributed by atoms with Crippen molar-refractivity contribution in [2.75, 3.05) is 5.75 Å². The van der Waals surface area contributed by atoms with E-state index in [2.05, 4.69) is 41.3 Å². The molecule has 0 aromatic carbocycles. The summed E-state index contributed by atoms with van der Waals surface area (Å²) in [6, 6.07) is 0. The minimum Gasteiger partial charge on any atom is -0.292 e. The van der Waals surface area contributed by atoms with E-state index in [4.69, 9.17) is 0 Å². The zero-order valence-electron chi connectivity index (χ0n) is 5.62. The Morgan fingerprint density at radius 1 is 1.33 bits per heavy atom. The van der Waals surface area contributed by atoms with Crippen LogP contribution in [-0.2, 0) is 13.1 Å². The molecule has 0 aliphatic carbocycles. The Balaban J connectivity index is 2.44. The maximum atomic E-state index is 4.13. The minimum absolute atomic E-state index is 0.918. The number of thiol groups is 1. The molecule has 0 aliphatic heterocycles. The van der Waals surface area contributed by atoms with Gasteiger partial charge in [-0.1, -0.05) is 0 Å². The van der Waals surface area contributed by atoms with Crippen LogP contribution in [0.5, 0.6) is 0 Å². The lowest BCUT2D eigenvalue weighted by atomic mass is 10.6. The van der Waals surface area contributed by atoms with E-state index >= 15 is 0 Å². The summed E-state index contributed by atoms with van der Waals surface area (Å²) >= 11 is 4.13. The molecular formula is C6H12N2S. The normalized spacial score (nSPS) is 10.4. The van der Waals surface area contributed by atoms with Crippen LogP contribution in [0.25, 0.3) is 0 Å². The molecule has 0 amide bonds. The molecule has 9 heavy (non-hydrogen) atoms. The van der Waals surface area contributed by atoms with Gasteiger partial charge >= 0.3 is 0 Å². The van der Waals surface area contributed by atoms with E-state index in [9.17, 15) is 0 Å². The van der Waals surface area contributed by atoms with E-state index in [-0.39, 0.29) is 0 Å². The van der Waals surface area contributed by atoms with Crippen LogP contribution in [0.4, 0.5) is 0 Å². The first-order chi connectivity index (χ1) is 4.38. The Kier molecular flexibility index (Phi) is 2.28. The van der Waals surface area contributed by atoms with Crippen LogP contribution in [0, 0.1) is 0 Å². The van der Waals surface area contributed by atoms with E-state index in [0.717, 1.165) is 18.8 Å². The summed E-state index contributed by atoms with van der Waals surface area (Å²) in [6.07, 6.45) is 4.14. The van der Waals surface area contributed by atoms with Gasteiger partial charge < -0.3 is 0 Å². The van der Waals surface area contributed by atoms with Crippen molar-refractivity contribution in [1.82, 2.24) is 9.36 Å². The first-order valence-corrected chi connectivity index (χ1v) is 3.84. The van der Waals surface area contributed by atoms with Gasteiger partial charge in [-0.05, 0) is 6.92 Å². The van der Waals surface area contributed by atoms with Gasteiger partial charge in [-0.3, -0.25) is 9.36 Å². The molecule has 0 atom stereocenters. The van der Waals surface area contributed by atoms with Gasteiger partial charge in [0, 0.05) is 31.2 Å². The summed E-state index contributed by atoms with van der Waals surface area (Å²) < 4.78 is 4.32. The Morgan fingerprint density at radius 3 is 2.33 bits per heavy atom. The zero-order chi connectivity index (χ0) is 6.69. The van der Waals surface area contributed by atoms with Gasteiger partial charge in [0.2, 0.25) is 0 Å². The van der Waals surface area contributed by atoms with E-state index in [0.29, 0.717) is 0 Å². The van der Waals surface area contributed by atoms with E-state index in [1.165, 1.54) is 0 Å². The standard InChI is InChI=1S/C6H12N2S/c1-2-7-3-4-8(7)5-6-9/h3-4,9H,2,5-6H2,1H3. The Labute approximate surface area is 60.9 Å². The molecule has 0 saturated carbocycles. The number of hydrogen-bond acceptors (Lipinski definition) is 1. The van der Waals surface area contributed by atoms with Crippen LogP contribution in [0.1, 0.15) is 6.92 Å². The smallest absolute Gasteiger partial charge is 0.0478 e. The Morgan fingerprint density at radius 2 is 2.00 bits per heavy atom. The number of rotatable bonds is 3. The van der Waals surface area contributed by atoms with Crippen molar-refractivity contribution in [2.45, 2.75) is 20.0 Å². The van der Waals surface area contributed by atoms with Gasteiger partial charge in [0.05, 0.1) is 0 Å². The predicted molar refractivity (Wildman–Crippen MR) is 41.9 cm³/mol. The maximum Gasteiger partial charge on any atom is 0.0478 e. The quantitative estimate of drug-likeness (QED) is 0.612. The molecule has 52 valence electrons. The maximum absolute atomic E-state index is 4.13. The number of nitrogens with zero attached hydrogens (tertiary/aromatic N) is 2. The molecule has 1 aromatic rings. The third-order valence-electron chi connectivity index (χ3n) is 1.39. The summed E-state index contributed by atoms with van der Waals surface area (Å²) in [5.41, 5.74) is 0. The van der Waals surface area contributed by atoms with Crippen molar-refractivity contribution in [3.63, 3.8) is 0 Å². The highest BCUT2D eigenvalue weighted by atomic mass is 32.1. The first-order valence-electron chi connectivity index (χ1n) is 3.21. The van der Waals surface area contributed by atoms with Crippen LogP contribution in [0.3, 0.4) is 0 Å². The molecule has 1 rings (SSSR count). The summed E-state index contributed by atoms with van der Waals surface area (Å²) in [4.78, 5) is 0. The summed E-state index contributed by atoms with van der Waals surface area (Å²) in [7, 11) is 0. The molecule has 0 saturated heterocycles. The molecule has 3 heteroatoms. The number of aryl methyl sites for hydroxylation is 2. The van der Waals surface area contributed by atoms with Crippen molar-refractivity contribution in [3.05, 3.63) is 12.4 Å². The van der Waals surface area contributed by atoms with Crippen LogP contribution >= 0.6 is 12.6 Å². The van der Waals surface area contributed by atoms with Crippen LogP contribution in [-0.4, -0.2) is 15.1 Å². The SMILES string of the molecule is CCn1ccn1CCS. The molecule has 1 heterocycles. The summed E-state index contributed by atoms with van der Waals surface area (Å²) in [5.74, 6) is 0.918. The van der Waals surface area contributed by atoms with Gasteiger partial charge in [0.15, 0.2) is 0 Å². The summed E-state index contributed by atoms with van der Waals surface area (Å²) in [5, 5.41) is 0. The van der Waals surface area contributed by atoms with Gasteiger partial charge in [-0.25, -0.2) is 0 Å². The van der Waals surface area contributed by atoms with Crippen LogP contribution < -0.4 is 0 Å². The largest absolute Gasteiger partial charge is 0.292 e. The lowest BCUT2D eigenvalue weighted by molar-refractivity contribution is 0.437.